The molecule has 4 N–H and O–H groups in total. The fourth-order valence-electron chi connectivity index (χ4n) is 3.11. The molecular formula is C16H21N5O6. The molecule has 0 unspecified atom stereocenters. The van der Waals surface area contributed by atoms with Crippen molar-refractivity contribution in [1.82, 2.24) is 14.6 Å². The van der Waals surface area contributed by atoms with E-state index in [0.29, 0.717) is 11.2 Å². The van der Waals surface area contributed by atoms with Gasteiger partial charge in [0.05, 0.1) is 12.3 Å². The maximum absolute atomic E-state index is 11.4. The van der Waals surface area contributed by atoms with Gasteiger partial charge in [-0.2, -0.15) is 5.10 Å². The molecule has 0 spiro atoms. The summed E-state index contributed by atoms with van der Waals surface area (Å²) in [5.41, 5.74) is 5.23. The molecule has 146 valence electrons. The summed E-state index contributed by atoms with van der Waals surface area (Å²) in [7, 11) is 1.51. The van der Waals surface area contributed by atoms with Crippen molar-refractivity contribution >= 4 is 23.7 Å². The van der Waals surface area contributed by atoms with E-state index in [-0.39, 0.29) is 19.0 Å². The van der Waals surface area contributed by atoms with Crippen LogP contribution in [0.5, 0.6) is 0 Å². The second-order valence-corrected chi connectivity index (χ2v) is 5.93. The second kappa shape index (κ2) is 7.47. The Morgan fingerprint density at radius 2 is 2.26 bits per heavy atom. The van der Waals surface area contributed by atoms with E-state index in [1.165, 1.54) is 24.1 Å². The van der Waals surface area contributed by atoms with E-state index >= 15 is 0 Å². The maximum Gasteiger partial charge on any atom is 0.508 e. The molecule has 1 aliphatic heterocycles. The number of fused-ring (bicyclic) bond motifs is 1. The molecule has 0 saturated carbocycles. The molecule has 27 heavy (non-hydrogen) atoms. The number of anilines is 1. The van der Waals surface area contributed by atoms with Crippen LogP contribution in [0.3, 0.4) is 0 Å². The Morgan fingerprint density at radius 3 is 2.96 bits per heavy atom. The van der Waals surface area contributed by atoms with Crippen LogP contribution in [-0.2, 0) is 19.8 Å². The number of ether oxygens (including phenoxy) is 3. The Morgan fingerprint density at radius 1 is 1.48 bits per heavy atom. The number of nitrogens with zero attached hydrogens (tertiary/aromatic N) is 4. The minimum Gasteiger partial charge on any atom is -0.435 e. The summed E-state index contributed by atoms with van der Waals surface area (Å²) in [5.74, 6) is 0.245. The smallest absolute Gasteiger partial charge is 0.435 e. The van der Waals surface area contributed by atoms with E-state index in [1.807, 2.05) is 0 Å². The van der Waals surface area contributed by atoms with Crippen molar-refractivity contribution in [3.05, 3.63) is 24.2 Å². The molecule has 3 rings (SSSR count). The fraction of sp³-hybridized carbons (Fsp3) is 0.500. The summed E-state index contributed by atoms with van der Waals surface area (Å²) in [6.45, 7) is 1.48. The van der Waals surface area contributed by atoms with Crippen molar-refractivity contribution in [2.24, 2.45) is 4.99 Å². The Bertz CT molecular complexity index is 855. The number of aliphatic imine (C=N–C) groups is 1. The molecule has 0 aliphatic carbocycles. The maximum atomic E-state index is 11.4. The average molecular weight is 379 g/mol. The molecule has 1 saturated heterocycles. The van der Waals surface area contributed by atoms with Crippen LogP contribution in [0.4, 0.5) is 10.6 Å². The topological polar surface area (TPSA) is 154 Å². The first-order valence-electron chi connectivity index (χ1n) is 8.30. The largest absolute Gasteiger partial charge is 0.508 e. The first-order chi connectivity index (χ1) is 12.9. The Labute approximate surface area is 154 Å². The van der Waals surface area contributed by atoms with E-state index in [4.69, 9.17) is 15.2 Å². The van der Waals surface area contributed by atoms with Gasteiger partial charge >= 0.3 is 6.16 Å². The standard InChI is InChI=1S/C16H21N5O6/c1-3-25-15(24)26-6-10-12(22)13(23)16(27-10,7-18-2)11-5-4-9-14(17)19-8-20-21(9)11/h4-5,7-8,10,12-13,22-23H,3,6H2,1-2H3,(H2,17,19,20)/b18-7-/t10-,12-,13-,16+/m1/s1. The molecule has 0 aromatic carbocycles. The van der Waals surface area contributed by atoms with Crippen molar-refractivity contribution in [3.8, 4) is 0 Å². The summed E-state index contributed by atoms with van der Waals surface area (Å²) < 4.78 is 17.0. The molecule has 0 bridgehead atoms. The Balaban J connectivity index is 1.96. The summed E-state index contributed by atoms with van der Waals surface area (Å²) in [4.78, 5) is 19.3. The van der Waals surface area contributed by atoms with Crippen molar-refractivity contribution in [2.75, 3.05) is 26.0 Å². The number of carbonyl (C=O) groups excluding carboxylic acids is 1. The van der Waals surface area contributed by atoms with E-state index in [0.717, 1.165) is 0 Å². The van der Waals surface area contributed by atoms with Gasteiger partial charge in [0, 0.05) is 13.3 Å². The van der Waals surface area contributed by atoms with Crippen LogP contribution in [-0.4, -0.2) is 75.8 Å². The van der Waals surface area contributed by atoms with Crippen LogP contribution in [0, 0.1) is 0 Å². The second-order valence-electron chi connectivity index (χ2n) is 5.93. The summed E-state index contributed by atoms with van der Waals surface area (Å²) >= 11 is 0. The quantitative estimate of drug-likeness (QED) is 0.461. The van der Waals surface area contributed by atoms with Gasteiger partial charge in [-0.05, 0) is 19.1 Å². The van der Waals surface area contributed by atoms with Crippen LogP contribution < -0.4 is 5.73 Å². The Hall–Kier alpha value is -2.76. The number of hydrogen-bond donors (Lipinski definition) is 3. The summed E-state index contributed by atoms with van der Waals surface area (Å²) in [6.07, 6.45) is -2.01. The average Bonchev–Trinajstić information content (AvgIpc) is 3.18. The lowest BCUT2D eigenvalue weighted by Gasteiger charge is -2.27. The van der Waals surface area contributed by atoms with E-state index in [1.54, 1.807) is 19.1 Å². The van der Waals surface area contributed by atoms with Gasteiger partial charge in [-0.15, -0.1) is 0 Å². The number of hydrogen-bond acceptors (Lipinski definition) is 10. The highest BCUT2D eigenvalue weighted by atomic mass is 16.7. The lowest BCUT2D eigenvalue weighted by molar-refractivity contribution is -0.0629. The molecule has 11 heteroatoms. The van der Waals surface area contributed by atoms with Gasteiger partial charge < -0.3 is 30.2 Å². The van der Waals surface area contributed by atoms with Crippen LogP contribution in [0.1, 0.15) is 12.6 Å². The lowest BCUT2D eigenvalue weighted by atomic mass is 9.92. The van der Waals surface area contributed by atoms with Gasteiger partial charge in [-0.1, -0.05) is 0 Å². The molecule has 4 atom stereocenters. The van der Waals surface area contributed by atoms with Gasteiger partial charge in [-0.3, -0.25) is 4.99 Å². The molecular weight excluding hydrogens is 358 g/mol. The van der Waals surface area contributed by atoms with Crippen LogP contribution in [0.15, 0.2) is 23.5 Å². The molecule has 11 nitrogen and oxygen atoms in total. The number of aliphatic hydroxyl groups is 2. The van der Waals surface area contributed by atoms with Gasteiger partial charge in [0.15, 0.2) is 11.4 Å². The first kappa shape index (κ1) is 19.0. The number of nitrogen functional groups attached to an aromatic ring is 1. The molecule has 2 aromatic rings. The zero-order valence-electron chi connectivity index (χ0n) is 14.8. The Kier molecular flexibility index (Phi) is 5.26. The van der Waals surface area contributed by atoms with E-state index < -0.39 is 30.1 Å². The molecule has 1 aliphatic rings. The van der Waals surface area contributed by atoms with Crippen LogP contribution >= 0.6 is 0 Å². The molecule has 1 fully saturated rings. The number of nitrogens with two attached hydrogens (primary N) is 1. The summed E-state index contributed by atoms with van der Waals surface area (Å²) in [6, 6.07) is 3.31. The number of aliphatic hydroxyl groups excluding tert-OH is 2. The molecule has 3 heterocycles. The fourth-order valence-corrected chi connectivity index (χ4v) is 3.11. The van der Waals surface area contributed by atoms with Gasteiger partial charge in [0.2, 0.25) is 0 Å². The monoisotopic (exact) mass is 379 g/mol. The number of aromatic nitrogens is 3. The predicted molar refractivity (Wildman–Crippen MR) is 93.4 cm³/mol. The molecule has 2 aromatic heterocycles. The van der Waals surface area contributed by atoms with Crippen molar-refractivity contribution in [3.63, 3.8) is 0 Å². The minimum absolute atomic E-state index is 0.152. The lowest BCUT2D eigenvalue weighted by Crippen LogP contribution is -2.43. The number of carbonyl (C=O) groups is 1. The van der Waals surface area contributed by atoms with Crippen LogP contribution in [0.2, 0.25) is 0 Å². The zero-order chi connectivity index (χ0) is 19.6. The summed E-state index contributed by atoms with van der Waals surface area (Å²) in [5, 5.41) is 25.3. The molecule has 0 radical (unpaired) electrons. The third kappa shape index (κ3) is 3.20. The van der Waals surface area contributed by atoms with Crippen LogP contribution in [0.25, 0.3) is 5.52 Å². The van der Waals surface area contributed by atoms with Gasteiger partial charge in [0.25, 0.3) is 0 Å². The zero-order valence-corrected chi connectivity index (χ0v) is 14.8. The van der Waals surface area contributed by atoms with Gasteiger partial charge in [-0.25, -0.2) is 14.3 Å². The highest BCUT2D eigenvalue weighted by Crippen LogP contribution is 2.39. The minimum atomic E-state index is -1.52. The van der Waals surface area contributed by atoms with Crippen molar-refractivity contribution in [1.29, 1.82) is 0 Å². The normalized spacial score (nSPS) is 28.1. The highest BCUT2D eigenvalue weighted by molar-refractivity contribution is 5.75. The molecule has 0 amide bonds. The van der Waals surface area contributed by atoms with Crippen molar-refractivity contribution in [2.45, 2.75) is 30.8 Å². The van der Waals surface area contributed by atoms with E-state index in [9.17, 15) is 15.0 Å². The third-order valence-electron chi connectivity index (χ3n) is 4.32. The predicted octanol–water partition coefficient (Wildman–Crippen LogP) is -0.499. The van der Waals surface area contributed by atoms with E-state index in [2.05, 4.69) is 19.8 Å². The third-order valence-corrected chi connectivity index (χ3v) is 4.32. The number of rotatable bonds is 5. The first-order valence-corrected chi connectivity index (χ1v) is 8.30. The highest BCUT2D eigenvalue weighted by Gasteiger charge is 2.56. The van der Waals surface area contributed by atoms with Gasteiger partial charge in [0.1, 0.15) is 36.8 Å². The SMILES string of the molecule is CCOC(=O)OC[C@H]1O[C@@](/C=N\C)(c2ccc3c(N)ncnn23)[C@H](O)[C@@H]1O. The van der Waals surface area contributed by atoms with Crippen molar-refractivity contribution < 1.29 is 29.2 Å².